The summed E-state index contributed by atoms with van der Waals surface area (Å²) < 4.78 is 5.34. The molecule has 4 N–H and O–H groups in total. The first-order valence-electron chi connectivity index (χ1n) is 5.35. The summed E-state index contributed by atoms with van der Waals surface area (Å²) in [5.74, 6) is -0.144. The van der Waals surface area contributed by atoms with E-state index in [0.717, 1.165) is 19.3 Å². The second-order valence-corrected chi connectivity index (χ2v) is 4.23. The van der Waals surface area contributed by atoms with Gasteiger partial charge in [0.25, 0.3) is 0 Å². The van der Waals surface area contributed by atoms with Crippen LogP contribution >= 0.6 is 0 Å². The van der Waals surface area contributed by atoms with Crippen LogP contribution in [0.15, 0.2) is 5.16 Å². The first kappa shape index (κ1) is 12.8. The van der Waals surface area contributed by atoms with Crippen molar-refractivity contribution in [1.82, 2.24) is 5.32 Å². The van der Waals surface area contributed by atoms with Gasteiger partial charge in [0.05, 0.1) is 18.1 Å². The monoisotopic (exact) mass is 229 g/mol. The number of nitrogens with two attached hydrogens (primary N) is 1. The van der Waals surface area contributed by atoms with E-state index in [1.54, 1.807) is 14.0 Å². The molecule has 0 bridgehead atoms. The summed E-state index contributed by atoms with van der Waals surface area (Å²) in [4.78, 5) is 11.7. The van der Waals surface area contributed by atoms with Crippen molar-refractivity contribution in [3.8, 4) is 0 Å². The fraction of sp³-hybridized carbons (Fsp3) is 0.800. The van der Waals surface area contributed by atoms with Crippen LogP contribution in [0.3, 0.4) is 0 Å². The quantitative estimate of drug-likeness (QED) is 0.271. The molecule has 0 aromatic carbocycles. The molecule has 6 heteroatoms. The summed E-state index contributed by atoms with van der Waals surface area (Å²) in [5, 5.41) is 13.9. The minimum Gasteiger partial charge on any atom is -0.409 e. The summed E-state index contributed by atoms with van der Waals surface area (Å²) in [6.45, 7) is 1.66. The van der Waals surface area contributed by atoms with Gasteiger partial charge in [-0.3, -0.25) is 4.79 Å². The number of nitrogens with one attached hydrogen (secondary N) is 1. The van der Waals surface area contributed by atoms with Crippen molar-refractivity contribution in [2.75, 3.05) is 7.11 Å². The average molecular weight is 229 g/mol. The number of hydrogen-bond donors (Lipinski definition) is 3. The van der Waals surface area contributed by atoms with Gasteiger partial charge in [0.2, 0.25) is 5.91 Å². The Kier molecular flexibility index (Phi) is 4.12. The van der Waals surface area contributed by atoms with Gasteiger partial charge in [-0.1, -0.05) is 5.16 Å². The lowest BCUT2D eigenvalue weighted by molar-refractivity contribution is -0.134. The molecule has 1 aliphatic rings. The van der Waals surface area contributed by atoms with Crippen molar-refractivity contribution in [2.45, 2.75) is 44.2 Å². The van der Waals surface area contributed by atoms with Gasteiger partial charge in [-0.15, -0.1) is 0 Å². The second kappa shape index (κ2) is 5.16. The summed E-state index contributed by atoms with van der Waals surface area (Å²) in [7, 11) is 1.62. The Hall–Kier alpha value is -1.30. The van der Waals surface area contributed by atoms with Crippen LogP contribution in [0.2, 0.25) is 0 Å². The molecular weight excluding hydrogens is 210 g/mol. The highest BCUT2D eigenvalue weighted by molar-refractivity contribution is 5.89. The van der Waals surface area contributed by atoms with Gasteiger partial charge in [-0.25, -0.2) is 0 Å². The third-order valence-corrected chi connectivity index (χ3v) is 3.12. The highest BCUT2D eigenvalue weighted by atomic mass is 16.5. The van der Waals surface area contributed by atoms with Crippen LogP contribution in [0.1, 0.15) is 32.6 Å². The number of amidine groups is 1. The van der Waals surface area contributed by atoms with E-state index >= 15 is 0 Å². The van der Waals surface area contributed by atoms with Crippen LogP contribution in [0.25, 0.3) is 0 Å². The van der Waals surface area contributed by atoms with Crippen molar-refractivity contribution in [1.29, 1.82) is 0 Å². The van der Waals surface area contributed by atoms with Crippen molar-refractivity contribution in [2.24, 2.45) is 10.9 Å². The minimum absolute atomic E-state index is 0.00609. The van der Waals surface area contributed by atoms with Crippen LogP contribution in [0.5, 0.6) is 0 Å². The predicted octanol–water partition coefficient (Wildman–Crippen LogP) is 0.197. The largest absolute Gasteiger partial charge is 0.409 e. The zero-order chi connectivity index (χ0) is 12.2. The van der Waals surface area contributed by atoms with E-state index in [-0.39, 0.29) is 17.3 Å². The van der Waals surface area contributed by atoms with Gasteiger partial charge in [-0.05, 0) is 26.2 Å². The zero-order valence-electron chi connectivity index (χ0n) is 9.69. The number of amides is 1. The molecule has 1 fully saturated rings. The Morgan fingerprint density at radius 1 is 1.69 bits per heavy atom. The molecule has 1 unspecified atom stereocenters. The maximum atomic E-state index is 11.7. The lowest BCUT2D eigenvalue weighted by Gasteiger charge is -2.40. The third kappa shape index (κ3) is 2.85. The number of carbonyl (C=O) groups excluding carboxylic acids is 1. The number of nitrogens with zero attached hydrogens (tertiary/aromatic N) is 1. The zero-order valence-corrected chi connectivity index (χ0v) is 9.69. The Balaban J connectivity index is 2.41. The third-order valence-electron chi connectivity index (χ3n) is 3.12. The number of carbonyl (C=O) groups is 1. The normalized spacial score (nSPS) is 21.0. The van der Waals surface area contributed by atoms with Crippen molar-refractivity contribution >= 4 is 11.7 Å². The number of methoxy groups -OCH3 is 1. The number of hydrogen-bond acceptors (Lipinski definition) is 4. The molecule has 1 saturated carbocycles. The Morgan fingerprint density at radius 3 is 2.69 bits per heavy atom. The van der Waals surface area contributed by atoms with E-state index in [9.17, 15) is 4.79 Å². The van der Waals surface area contributed by atoms with E-state index in [1.165, 1.54) is 0 Å². The Bertz CT molecular complexity index is 282. The SMILES string of the molecule is COC1(CC(=O)NC(C)C(N)=NO)CCC1. The summed E-state index contributed by atoms with van der Waals surface area (Å²) in [6.07, 6.45) is 3.24. The fourth-order valence-electron chi connectivity index (χ4n) is 1.77. The van der Waals surface area contributed by atoms with Gasteiger partial charge in [-0.2, -0.15) is 0 Å². The van der Waals surface area contributed by atoms with Gasteiger partial charge in [0.1, 0.15) is 0 Å². The smallest absolute Gasteiger partial charge is 0.223 e. The molecule has 92 valence electrons. The van der Waals surface area contributed by atoms with Gasteiger partial charge < -0.3 is 21.0 Å². The van der Waals surface area contributed by atoms with E-state index in [4.69, 9.17) is 15.7 Å². The molecule has 0 spiro atoms. The lowest BCUT2D eigenvalue weighted by atomic mass is 9.77. The van der Waals surface area contributed by atoms with Crippen molar-refractivity contribution in [3.05, 3.63) is 0 Å². The average Bonchev–Trinajstić information content (AvgIpc) is 2.22. The summed E-state index contributed by atoms with van der Waals surface area (Å²) >= 11 is 0. The molecule has 0 aromatic rings. The maximum absolute atomic E-state index is 11.7. The number of rotatable bonds is 5. The first-order chi connectivity index (χ1) is 7.53. The topological polar surface area (TPSA) is 96.9 Å². The van der Waals surface area contributed by atoms with Crippen LogP contribution in [0.4, 0.5) is 0 Å². The maximum Gasteiger partial charge on any atom is 0.223 e. The lowest BCUT2D eigenvalue weighted by Crippen LogP contribution is -2.48. The highest BCUT2D eigenvalue weighted by Gasteiger charge is 2.39. The van der Waals surface area contributed by atoms with Crippen LogP contribution < -0.4 is 11.1 Å². The molecule has 6 nitrogen and oxygen atoms in total. The Morgan fingerprint density at radius 2 is 2.31 bits per heavy atom. The predicted molar refractivity (Wildman–Crippen MR) is 59.2 cm³/mol. The molecule has 16 heavy (non-hydrogen) atoms. The summed E-state index contributed by atoms with van der Waals surface area (Å²) in [6, 6.07) is -0.466. The molecule has 0 heterocycles. The molecule has 0 radical (unpaired) electrons. The van der Waals surface area contributed by atoms with Crippen molar-refractivity contribution in [3.63, 3.8) is 0 Å². The van der Waals surface area contributed by atoms with Gasteiger partial charge in [0.15, 0.2) is 5.84 Å². The molecule has 0 aliphatic heterocycles. The fourth-order valence-corrected chi connectivity index (χ4v) is 1.77. The van der Waals surface area contributed by atoms with Crippen molar-refractivity contribution < 1.29 is 14.7 Å². The second-order valence-electron chi connectivity index (χ2n) is 4.23. The van der Waals surface area contributed by atoms with Gasteiger partial charge in [0, 0.05) is 7.11 Å². The number of oxime groups is 1. The summed E-state index contributed by atoms with van der Waals surface area (Å²) in [5.41, 5.74) is 5.06. The van der Waals surface area contributed by atoms with E-state index in [0.29, 0.717) is 6.42 Å². The first-order valence-corrected chi connectivity index (χ1v) is 5.35. The minimum atomic E-state index is -0.466. The van der Waals surface area contributed by atoms with Gasteiger partial charge >= 0.3 is 0 Å². The van der Waals surface area contributed by atoms with E-state index in [2.05, 4.69) is 10.5 Å². The van der Waals surface area contributed by atoms with Crippen LogP contribution in [-0.2, 0) is 9.53 Å². The molecule has 1 aliphatic carbocycles. The molecule has 1 rings (SSSR count). The molecule has 0 saturated heterocycles. The standard InChI is InChI=1S/C10H19N3O3/c1-7(9(11)13-15)12-8(14)6-10(16-2)4-3-5-10/h7,15H,3-6H2,1-2H3,(H2,11,13)(H,12,14). The van der Waals surface area contributed by atoms with Crippen LogP contribution in [0, 0.1) is 0 Å². The Labute approximate surface area is 94.8 Å². The number of ether oxygens (including phenoxy) is 1. The van der Waals surface area contributed by atoms with Crippen LogP contribution in [-0.4, -0.2) is 35.7 Å². The molecule has 1 amide bonds. The molecule has 1 atom stereocenters. The van der Waals surface area contributed by atoms with E-state index in [1.807, 2.05) is 0 Å². The van der Waals surface area contributed by atoms with E-state index < -0.39 is 6.04 Å². The molecule has 0 aromatic heterocycles. The highest BCUT2D eigenvalue weighted by Crippen LogP contribution is 2.37. The molecular formula is C10H19N3O3.